The molecule has 0 aromatic heterocycles. The van der Waals surface area contributed by atoms with Gasteiger partial charge in [0.2, 0.25) is 0 Å². The lowest BCUT2D eigenvalue weighted by Crippen LogP contribution is -2.65. The van der Waals surface area contributed by atoms with Gasteiger partial charge in [0, 0.05) is 17.8 Å². The van der Waals surface area contributed by atoms with Gasteiger partial charge in [-0.2, -0.15) is 0 Å². The first-order valence-corrected chi connectivity index (χ1v) is 13.9. The summed E-state index contributed by atoms with van der Waals surface area (Å²) in [6.45, 7) is 12.8. The van der Waals surface area contributed by atoms with E-state index in [4.69, 9.17) is 14.2 Å². The van der Waals surface area contributed by atoms with E-state index in [1.807, 2.05) is 12.1 Å². The number of hydrogen-bond acceptors (Lipinski definition) is 4. The molecule has 37 heavy (non-hydrogen) atoms. The smallest absolute Gasteiger partial charge is 0.302 e. The molecule has 2 aromatic rings. The van der Waals surface area contributed by atoms with E-state index in [0.717, 1.165) is 38.5 Å². The number of fused-ring (bicyclic) bond motifs is 3. The maximum absolute atomic E-state index is 12.3. The minimum Gasteiger partial charge on any atom is -0.462 e. The molecule has 2 aromatic carbocycles. The Morgan fingerprint density at radius 3 is 2.24 bits per heavy atom. The average molecular weight is 503 g/mol. The summed E-state index contributed by atoms with van der Waals surface area (Å²) in [5, 5.41) is 0. The number of hydrogen-bond donors (Lipinski definition) is 0. The summed E-state index contributed by atoms with van der Waals surface area (Å²) in [6, 6.07) is 20.8. The third-order valence-corrected chi connectivity index (χ3v) is 10.3. The van der Waals surface area contributed by atoms with Crippen LogP contribution in [0.15, 0.2) is 72.8 Å². The summed E-state index contributed by atoms with van der Waals surface area (Å²) < 4.78 is 19.1. The van der Waals surface area contributed by atoms with Gasteiger partial charge in [-0.3, -0.25) is 4.79 Å². The second kappa shape index (κ2) is 10.4. The highest BCUT2D eigenvalue weighted by molar-refractivity contribution is 5.66. The molecule has 3 fully saturated rings. The van der Waals surface area contributed by atoms with Gasteiger partial charge in [-0.15, -0.1) is 0 Å². The summed E-state index contributed by atoms with van der Waals surface area (Å²) in [4.78, 5) is 12.3. The Balaban J connectivity index is 1.41. The molecular weight excluding hydrogens is 460 g/mol. The Morgan fingerprint density at radius 1 is 0.946 bits per heavy atom. The van der Waals surface area contributed by atoms with Crippen LogP contribution in [0.3, 0.4) is 0 Å². The van der Waals surface area contributed by atoms with Gasteiger partial charge in [-0.05, 0) is 61.0 Å². The van der Waals surface area contributed by atoms with Crippen molar-refractivity contribution >= 4 is 5.97 Å². The van der Waals surface area contributed by atoms with E-state index < -0.39 is 0 Å². The number of esters is 1. The Labute approximate surface area is 222 Å². The van der Waals surface area contributed by atoms with Crippen molar-refractivity contribution < 1.29 is 19.0 Å². The van der Waals surface area contributed by atoms with Crippen molar-refractivity contribution in [2.75, 3.05) is 6.61 Å². The summed E-state index contributed by atoms with van der Waals surface area (Å²) in [6.07, 6.45) is 5.99. The highest BCUT2D eigenvalue weighted by atomic mass is 16.5. The lowest BCUT2D eigenvalue weighted by Gasteiger charge is -2.66. The molecule has 4 nitrogen and oxygen atoms in total. The molecule has 0 amide bonds. The zero-order valence-corrected chi connectivity index (χ0v) is 22.7. The van der Waals surface area contributed by atoms with Crippen LogP contribution in [0, 0.1) is 22.2 Å². The summed E-state index contributed by atoms with van der Waals surface area (Å²) in [5.41, 5.74) is 3.22. The fourth-order valence-corrected chi connectivity index (χ4v) is 8.09. The number of rotatable bonds is 8. The van der Waals surface area contributed by atoms with Gasteiger partial charge >= 0.3 is 5.97 Å². The second-order valence-electron chi connectivity index (χ2n) is 12.0. The quantitative estimate of drug-likeness (QED) is 0.281. The van der Waals surface area contributed by atoms with Gasteiger partial charge in [0.1, 0.15) is 6.10 Å². The highest BCUT2D eigenvalue weighted by Crippen LogP contribution is 2.74. The molecule has 3 aliphatic rings. The lowest BCUT2D eigenvalue weighted by atomic mass is 9.40. The second-order valence-corrected chi connectivity index (χ2v) is 12.0. The predicted octanol–water partition coefficient (Wildman–Crippen LogP) is 7.27. The largest absolute Gasteiger partial charge is 0.462 e. The van der Waals surface area contributed by atoms with Crippen molar-refractivity contribution in [1.82, 2.24) is 0 Å². The number of ether oxygens (including phenoxy) is 3. The molecule has 0 aliphatic heterocycles. The molecule has 0 radical (unpaired) electrons. The van der Waals surface area contributed by atoms with Crippen LogP contribution in [0.5, 0.6) is 0 Å². The van der Waals surface area contributed by atoms with Gasteiger partial charge < -0.3 is 14.2 Å². The Hall–Kier alpha value is -2.43. The van der Waals surface area contributed by atoms with Crippen LogP contribution in [-0.4, -0.2) is 24.8 Å². The molecular formula is C33H42O4. The lowest BCUT2D eigenvalue weighted by molar-refractivity contribution is -0.232. The molecule has 0 N–H and O–H groups in total. The molecule has 0 spiro atoms. The van der Waals surface area contributed by atoms with E-state index in [0.29, 0.717) is 25.7 Å². The van der Waals surface area contributed by atoms with Crippen molar-refractivity contribution in [1.29, 1.82) is 0 Å². The zero-order chi connectivity index (χ0) is 26.1. The topological polar surface area (TPSA) is 44.8 Å². The van der Waals surface area contributed by atoms with Gasteiger partial charge in [0.15, 0.2) is 0 Å². The Bertz CT molecular complexity index is 1100. The first-order chi connectivity index (χ1) is 17.8. The third-order valence-electron chi connectivity index (χ3n) is 10.3. The molecule has 5 rings (SSSR count). The van der Waals surface area contributed by atoms with Crippen LogP contribution >= 0.6 is 0 Å². The number of benzene rings is 2. The highest BCUT2D eigenvalue weighted by Gasteiger charge is 2.71. The van der Waals surface area contributed by atoms with Crippen molar-refractivity contribution in [3.63, 3.8) is 0 Å². The Kier molecular flexibility index (Phi) is 7.35. The van der Waals surface area contributed by atoms with Gasteiger partial charge in [-0.1, -0.05) is 86.7 Å². The zero-order valence-electron chi connectivity index (χ0n) is 22.7. The average Bonchev–Trinajstić information content (AvgIpc) is 3.17. The molecule has 0 heterocycles. The monoisotopic (exact) mass is 502 g/mol. The molecule has 3 aliphatic carbocycles. The Morgan fingerprint density at radius 2 is 1.59 bits per heavy atom. The van der Waals surface area contributed by atoms with Crippen LogP contribution in [-0.2, 0) is 32.2 Å². The molecule has 198 valence electrons. The first-order valence-electron chi connectivity index (χ1n) is 13.9. The normalized spacial score (nSPS) is 35.0. The van der Waals surface area contributed by atoms with E-state index in [2.05, 4.69) is 69.0 Å². The molecule has 0 saturated heterocycles. The maximum atomic E-state index is 12.3. The van der Waals surface area contributed by atoms with E-state index in [9.17, 15) is 4.79 Å². The molecule has 0 bridgehead atoms. The van der Waals surface area contributed by atoms with E-state index in [1.54, 1.807) is 0 Å². The maximum Gasteiger partial charge on any atom is 0.302 e. The predicted molar refractivity (Wildman–Crippen MR) is 146 cm³/mol. The van der Waals surface area contributed by atoms with Crippen molar-refractivity contribution in [2.45, 2.75) is 84.7 Å². The van der Waals surface area contributed by atoms with Gasteiger partial charge in [0.05, 0.1) is 25.9 Å². The van der Waals surface area contributed by atoms with E-state index >= 15 is 0 Å². The standard InChI is InChI=1S/C33H42O4/c1-24-15-18-33(23-35-21-26-11-7-5-8-12-26)31(3)17-16-29(36-22-27-13-9-6-10-14-27)19-28(31)20-30(32(24,33)4)37-25(2)34/h5-14,28-30H,1,15-23H2,2-4H3/t28-,29+,30+,31+,32-,33-/m1/s1. The van der Waals surface area contributed by atoms with E-state index in [1.165, 1.54) is 23.6 Å². The van der Waals surface area contributed by atoms with Gasteiger partial charge in [0.25, 0.3) is 0 Å². The van der Waals surface area contributed by atoms with Crippen LogP contribution in [0.4, 0.5) is 0 Å². The number of carbonyl (C=O) groups excluding carboxylic acids is 1. The van der Waals surface area contributed by atoms with Crippen molar-refractivity contribution in [3.05, 3.63) is 83.9 Å². The molecule has 0 unspecified atom stereocenters. The molecule has 4 heteroatoms. The third kappa shape index (κ3) is 4.57. The van der Waals surface area contributed by atoms with Gasteiger partial charge in [-0.25, -0.2) is 0 Å². The first kappa shape index (κ1) is 26.2. The molecule has 6 atom stereocenters. The fourth-order valence-electron chi connectivity index (χ4n) is 8.09. The van der Waals surface area contributed by atoms with Crippen LogP contribution in [0.2, 0.25) is 0 Å². The van der Waals surface area contributed by atoms with Crippen LogP contribution in [0.25, 0.3) is 0 Å². The van der Waals surface area contributed by atoms with E-state index in [-0.39, 0.29) is 34.4 Å². The van der Waals surface area contributed by atoms with Crippen LogP contribution < -0.4 is 0 Å². The van der Waals surface area contributed by atoms with Crippen LogP contribution in [0.1, 0.15) is 70.4 Å². The summed E-state index contributed by atoms with van der Waals surface area (Å²) in [7, 11) is 0. The number of carbonyl (C=O) groups is 1. The minimum absolute atomic E-state index is 0.0567. The minimum atomic E-state index is -0.307. The summed E-state index contributed by atoms with van der Waals surface area (Å²) >= 11 is 0. The molecule has 3 saturated carbocycles. The fraction of sp³-hybridized carbons (Fsp3) is 0.545. The van der Waals surface area contributed by atoms with Crippen molar-refractivity contribution in [3.8, 4) is 0 Å². The van der Waals surface area contributed by atoms with Crippen molar-refractivity contribution in [2.24, 2.45) is 22.2 Å². The summed E-state index contributed by atoms with van der Waals surface area (Å²) in [5.74, 6) is 0.187. The SMILES string of the molecule is C=C1CC[C@@]2(COCc3ccccc3)[C@@]3(C)CC[C@H](OCc4ccccc4)C[C@@H]3C[C@H](OC(C)=O)[C@@]12C.